The number of aryl methyl sites for hydroxylation is 2. The summed E-state index contributed by atoms with van der Waals surface area (Å²) in [6.45, 7) is 12.0. The molecule has 214 valence electrons. The normalized spacial score (nSPS) is 23.8. The average Bonchev–Trinajstić information content (AvgIpc) is 3.38. The number of piperidine rings is 1. The number of aromatic nitrogens is 1. The van der Waals surface area contributed by atoms with Crippen LogP contribution in [0.4, 0.5) is 0 Å². The summed E-state index contributed by atoms with van der Waals surface area (Å²) in [6.07, 6.45) is 5.92. The number of amides is 2. The fraction of sp³-hybridized carbons (Fsp3) is 0.645. The number of nitrogens with two attached hydrogens (primary N) is 1. The molecular weight excluding hydrogens is 490 g/mol. The van der Waals surface area contributed by atoms with Gasteiger partial charge in [-0.15, -0.1) is 0 Å². The molecule has 4 rings (SSSR count). The van der Waals surface area contributed by atoms with Crippen molar-refractivity contribution in [2.75, 3.05) is 26.2 Å². The number of hydrogen-bond donors (Lipinski definition) is 2. The average molecular weight is 538 g/mol. The van der Waals surface area contributed by atoms with Gasteiger partial charge in [0.05, 0.1) is 0 Å². The second kappa shape index (κ2) is 13.6. The van der Waals surface area contributed by atoms with Gasteiger partial charge >= 0.3 is 0 Å². The fourth-order valence-corrected chi connectivity index (χ4v) is 6.37. The maximum absolute atomic E-state index is 13.8. The lowest BCUT2D eigenvalue weighted by molar-refractivity contribution is -0.128. The molecule has 0 radical (unpaired) electrons. The molecule has 0 bridgehead atoms. The van der Waals surface area contributed by atoms with E-state index in [-0.39, 0.29) is 23.6 Å². The van der Waals surface area contributed by atoms with E-state index in [0.29, 0.717) is 49.6 Å². The van der Waals surface area contributed by atoms with Crippen molar-refractivity contribution in [3.05, 3.63) is 52.9 Å². The largest absolute Gasteiger partial charge is 0.361 e. The van der Waals surface area contributed by atoms with Crippen LogP contribution in [0.5, 0.6) is 0 Å². The van der Waals surface area contributed by atoms with Crippen molar-refractivity contribution in [2.24, 2.45) is 23.5 Å². The maximum atomic E-state index is 13.8. The number of hydrogen-bond acceptors (Lipinski definition) is 6. The smallest absolute Gasteiger partial charge is 0.276 e. The second-order valence-electron chi connectivity index (χ2n) is 12.1. The van der Waals surface area contributed by atoms with Crippen molar-refractivity contribution in [1.29, 1.82) is 0 Å². The van der Waals surface area contributed by atoms with Crippen LogP contribution in [0.3, 0.4) is 0 Å². The van der Waals surface area contributed by atoms with Crippen molar-refractivity contribution in [2.45, 2.75) is 84.8 Å². The molecule has 2 aromatic rings. The third kappa shape index (κ3) is 7.70. The number of carbonyl (C=O) groups excluding carboxylic acids is 2. The van der Waals surface area contributed by atoms with Gasteiger partial charge in [-0.1, -0.05) is 49.7 Å². The summed E-state index contributed by atoms with van der Waals surface area (Å²) in [5.74, 6) is 1.75. The van der Waals surface area contributed by atoms with Gasteiger partial charge in [0.25, 0.3) is 5.91 Å². The molecule has 8 nitrogen and oxygen atoms in total. The Bertz CT molecular complexity index is 1100. The molecule has 39 heavy (non-hydrogen) atoms. The summed E-state index contributed by atoms with van der Waals surface area (Å²) in [5.41, 5.74) is 8.79. The van der Waals surface area contributed by atoms with Crippen molar-refractivity contribution in [3.8, 4) is 0 Å². The van der Waals surface area contributed by atoms with E-state index in [2.05, 4.69) is 60.4 Å². The van der Waals surface area contributed by atoms with Crippen LogP contribution in [0, 0.1) is 31.6 Å². The number of carbonyl (C=O) groups is 2. The fourth-order valence-electron chi connectivity index (χ4n) is 6.37. The summed E-state index contributed by atoms with van der Waals surface area (Å²) in [4.78, 5) is 31.5. The minimum absolute atomic E-state index is 0.0662. The molecule has 1 saturated carbocycles. The first-order valence-corrected chi connectivity index (χ1v) is 14.8. The van der Waals surface area contributed by atoms with Gasteiger partial charge in [-0.2, -0.15) is 0 Å². The van der Waals surface area contributed by atoms with Gasteiger partial charge in [0.2, 0.25) is 5.91 Å². The van der Waals surface area contributed by atoms with E-state index in [0.717, 1.165) is 38.8 Å². The first-order valence-electron chi connectivity index (χ1n) is 14.8. The Hall–Kier alpha value is -2.71. The minimum Gasteiger partial charge on any atom is -0.361 e. The molecule has 3 unspecified atom stereocenters. The monoisotopic (exact) mass is 537 g/mol. The highest BCUT2D eigenvalue weighted by Gasteiger charge is 2.39. The van der Waals surface area contributed by atoms with E-state index in [4.69, 9.17) is 10.3 Å². The Kier molecular flexibility index (Phi) is 10.2. The lowest BCUT2D eigenvalue weighted by Gasteiger charge is -2.43. The number of nitrogens with zero attached hydrogens (tertiary/aromatic N) is 3. The maximum Gasteiger partial charge on any atom is 0.276 e. The third-order valence-corrected chi connectivity index (χ3v) is 8.53. The predicted octanol–water partition coefficient (Wildman–Crippen LogP) is 4.30. The van der Waals surface area contributed by atoms with Gasteiger partial charge < -0.3 is 20.5 Å². The van der Waals surface area contributed by atoms with Crippen LogP contribution < -0.4 is 11.1 Å². The molecule has 2 amide bonds. The van der Waals surface area contributed by atoms with E-state index < -0.39 is 6.04 Å². The lowest BCUT2D eigenvalue weighted by atomic mass is 9.81. The highest BCUT2D eigenvalue weighted by Crippen LogP contribution is 2.29. The highest BCUT2D eigenvalue weighted by atomic mass is 16.5. The van der Waals surface area contributed by atoms with Gasteiger partial charge in [-0.05, 0) is 81.4 Å². The molecule has 2 fully saturated rings. The Morgan fingerprint density at radius 1 is 1.15 bits per heavy atom. The van der Waals surface area contributed by atoms with Crippen LogP contribution in [-0.4, -0.2) is 65.0 Å². The van der Waals surface area contributed by atoms with Gasteiger partial charge in [0.15, 0.2) is 5.69 Å². The first-order chi connectivity index (χ1) is 18.7. The molecule has 2 aliphatic rings. The van der Waals surface area contributed by atoms with E-state index in [1.807, 2.05) is 0 Å². The van der Waals surface area contributed by atoms with E-state index in [9.17, 15) is 9.59 Å². The van der Waals surface area contributed by atoms with Crippen LogP contribution in [0.15, 0.2) is 34.9 Å². The van der Waals surface area contributed by atoms with Crippen molar-refractivity contribution in [1.82, 2.24) is 20.3 Å². The van der Waals surface area contributed by atoms with Gasteiger partial charge in [0.1, 0.15) is 11.8 Å². The van der Waals surface area contributed by atoms with Crippen molar-refractivity contribution in [3.63, 3.8) is 0 Å². The lowest BCUT2D eigenvalue weighted by Crippen LogP contribution is -2.58. The van der Waals surface area contributed by atoms with Crippen LogP contribution in [0.1, 0.15) is 79.7 Å². The van der Waals surface area contributed by atoms with Crippen molar-refractivity contribution < 1.29 is 14.1 Å². The molecule has 2 heterocycles. The summed E-state index contributed by atoms with van der Waals surface area (Å²) in [6, 6.07) is 9.81. The summed E-state index contributed by atoms with van der Waals surface area (Å²) >= 11 is 0. The molecule has 1 aromatic carbocycles. The van der Waals surface area contributed by atoms with Crippen LogP contribution in [0.2, 0.25) is 0 Å². The Morgan fingerprint density at radius 2 is 1.92 bits per heavy atom. The van der Waals surface area contributed by atoms with Crippen LogP contribution in [-0.2, 0) is 11.3 Å². The summed E-state index contributed by atoms with van der Waals surface area (Å²) < 4.78 is 5.18. The number of benzene rings is 1. The van der Waals surface area contributed by atoms with E-state index in [1.54, 1.807) is 17.9 Å². The standard InChI is InChI=1S/C31H47N5O3/c1-21(2)19-35(20-26-11-6-5-8-22(26)3)27-12-13-36(31(38)28-14-23(4)39-34-28)29(16-27)30(37)33-18-25-10-7-9-24(15-25)17-32/h5-6,8,11,14,21,24-25,27,29H,7,9-10,12-13,15-20,32H2,1-4H3,(H,33,37)/t24?,25?,27?,29-/m1/s1. The number of likely N-dealkylation sites (tertiary alicyclic amines) is 1. The van der Waals surface area contributed by atoms with E-state index in [1.165, 1.54) is 17.5 Å². The molecule has 1 aliphatic carbocycles. The van der Waals surface area contributed by atoms with Gasteiger partial charge in [-0.3, -0.25) is 14.5 Å². The molecule has 3 N–H and O–H groups in total. The molecule has 4 atom stereocenters. The molecule has 1 aromatic heterocycles. The minimum atomic E-state index is -0.548. The number of rotatable bonds is 10. The first kappa shape index (κ1) is 29.3. The zero-order chi connectivity index (χ0) is 27.9. The molecule has 8 heteroatoms. The zero-order valence-electron chi connectivity index (χ0n) is 24.2. The molecule has 1 aliphatic heterocycles. The number of nitrogens with one attached hydrogen (secondary N) is 1. The topological polar surface area (TPSA) is 105 Å². The molecule has 0 spiro atoms. The third-order valence-electron chi connectivity index (χ3n) is 8.53. The Balaban J connectivity index is 1.52. The molecular formula is C31H47N5O3. The summed E-state index contributed by atoms with van der Waals surface area (Å²) in [5, 5.41) is 7.19. The zero-order valence-corrected chi connectivity index (χ0v) is 24.2. The van der Waals surface area contributed by atoms with Crippen molar-refractivity contribution >= 4 is 11.8 Å². The van der Waals surface area contributed by atoms with E-state index >= 15 is 0 Å². The van der Waals surface area contributed by atoms with Gasteiger partial charge in [0, 0.05) is 38.3 Å². The van der Waals surface area contributed by atoms with Crippen LogP contribution in [0.25, 0.3) is 0 Å². The van der Waals surface area contributed by atoms with Gasteiger partial charge in [-0.25, -0.2) is 0 Å². The molecule has 1 saturated heterocycles. The SMILES string of the molecule is Cc1cc(C(=O)N2CCC(N(Cc3ccccc3C)CC(C)C)C[C@@H]2C(=O)NCC2CCCC(CN)C2)no1. The summed E-state index contributed by atoms with van der Waals surface area (Å²) in [7, 11) is 0. The Morgan fingerprint density at radius 3 is 2.62 bits per heavy atom. The Labute approximate surface area is 233 Å². The quantitative estimate of drug-likeness (QED) is 0.468. The second-order valence-corrected chi connectivity index (χ2v) is 12.1. The van der Waals surface area contributed by atoms with Crippen LogP contribution >= 0.6 is 0 Å². The highest BCUT2D eigenvalue weighted by molar-refractivity contribution is 5.96. The predicted molar refractivity (Wildman–Crippen MR) is 153 cm³/mol.